The summed E-state index contributed by atoms with van der Waals surface area (Å²) in [6.45, 7) is 1.74. The van der Waals surface area contributed by atoms with Gasteiger partial charge in [-0.3, -0.25) is 0 Å². The molecule has 0 spiro atoms. The van der Waals surface area contributed by atoms with E-state index >= 15 is 0 Å². The normalized spacial score (nSPS) is 9.80. The van der Waals surface area contributed by atoms with E-state index in [-0.39, 0.29) is 24.5 Å². The highest BCUT2D eigenvalue weighted by Crippen LogP contribution is 2.25. The number of benzene rings is 1. The quantitative estimate of drug-likeness (QED) is 0.736. The number of hydrogen-bond acceptors (Lipinski definition) is 6. The van der Waals surface area contributed by atoms with Gasteiger partial charge in [0.05, 0.1) is 13.7 Å². The Morgan fingerprint density at radius 3 is 2.50 bits per heavy atom. The van der Waals surface area contributed by atoms with Crippen LogP contribution in [0.1, 0.15) is 17.3 Å². The Morgan fingerprint density at radius 2 is 1.95 bits per heavy atom. The van der Waals surface area contributed by atoms with Gasteiger partial charge in [0.25, 0.3) is 0 Å². The Morgan fingerprint density at radius 1 is 1.25 bits per heavy atom. The van der Waals surface area contributed by atoms with E-state index in [0.717, 1.165) is 5.69 Å². The van der Waals surface area contributed by atoms with Crippen molar-refractivity contribution in [2.45, 2.75) is 6.92 Å². The molecule has 0 saturated heterocycles. The van der Waals surface area contributed by atoms with Crippen molar-refractivity contribution in [3.63, 3.8) is 0 Å². The molecule has 0 aliphatic rings. The van der Waals surface area contributed by atoms with Crippen LogP contribution in [-0.2, 0) is 14.3 Å². The average molecular weight is 281 g/mol. The maximum Gasteiger partial charge on any atom is 0.344 e. The fraction of sp³-hybridized carbons (Fsp3) is 0.429. The Bertz CT molecular complexity index is 484. The Labute approximate surface area is 118 Å². The third-order valence-electron chi connectivity index (χ3n) is 2.54. The predicted molar refractivity (Wildman–Crippen MR) is 74.2 cm³/mol. The molecule has 0 atom stereocenters. The van der Waals surface area contributed by atoms with Crippen LogP contribution < -0.4 is 9.64 Å². The molecular weight excluding hydrogens is 262 g/mol. The number of rotatable bonds is 6. The number of anilines is 1. The zero-order valence-corrected chi connectivity index (χ0v) is 12.1. The van der Waals surface area contributed by atoms with Gasteiger partial charge in [0.2, 0.25) is 0 Å². The SMILES string of the molecule is CCOC(=O)COc1cc(N(C)C)ccc1C(=O)OC. The number of methoxy groups -OCH3 is 1. The van der Waals surface area contributed by atoms with Crippen LogP contribution in [0.2, 0.25) is 0 Å². The van der Waals surface area contributed by atoms with Crippen molar-refractivity contribution in [1.29, 1.82) is 0 Å². The van der Waals surface area contributed by atoms with Crippen LogP contribution in [0.25, 0.3) is 0 Å². The molecule has 0 fully saturated rings. The third-order valence-corrected chi connectivity index (χ3v) is 2.54. The van der Waals surface area contributed by atoms with Crippen molar-refractivity contribution in [2.75, 3.05) is 39.3 Å². The van der Waals surface area contributed by atoms with E-state index in [2.05, 4.69) is 4.74 Å². The maximum absolute atomic E-state index is 11.7. The van der Waals surface area contributed by atoms with Crippen LogP contribution in [0.5, 0.6) is 5.75 Å². The van der Waals surface area contributed by atoms with E-state index in [1.165, 1.54) is 7.11 Å². The van der Waals surface area contributed by atoms with Gasteiger partial charge >= 0.3 is 11.9 Å². The van der Waals surface area contributed by atoms with Crippen LogP contribution in [-0.4, -0.2) is 46.4 Å². The fourth-order valence-electron chi connectivity index (χ4n) is 1.53. The first-order valence-corrected chi connectivity index (χ1v) is 6.17. The van der Waals surface area contributed by atoms with Gasteiger partial charge in [-0.1, -0.05) is 0 Å². The van der Waals surface area contributed by atoms with Gasteiger partial charge in [0.1, 0.15) is 11.3 Å². The highest BCUT2D eigenvalue weighted by atomic mass is 16.6. The number of hydrogen-bond donors (Lipinski definition) is 0. The van der Waals surface area contributed by atoms with E-state index in [9.17, 15) is 9.59 Å². The van der Waals surface area contributed by atoms with Crippen LogP contribution in [0.4, 0.5) is 5.69 Å². The predicted octanol–water partition coefficient (Wildman–Crippen LogP) is 1.48. The van der Waals surface area contributed by atoms with E-state index < -0.39 is 11.9 Å². The molecule has 0 unspecified atom stereocenters. The molecule has 0 radical (unpaired) electrons. The zero-order valence-electron chi connectivity index (χ0n) is 12.1. The summed E-state index contributed by atoms with van der Waals surface area (Å²) in [6.07, 6.45) is 0. The lowest BCUT2D eigenvalue weighted by Gasteiger charge is -2.16. The average Bonchev–Trinajstić information content (AvgIpc) is 2.44. The zero-order chi connectivity index (χ0) is 15.1. The summed E-state index contributed by atoms with van der Waals surface area (Å²) in [5, 5.41) is 0. The first-order chi connectivity index (χ1) is 9.49. The summed E-state index contributed by atoms with van der Waals surface area (Å²) in [4.78, 5) is 24.8. The number of carbonyl (C=O) groups is 2. The van der Waals surface area contributed by atoms with Gasteiger partial charge < -0.3 is 19.1 Å². The Kier molecular flexibility index (Phi) is 5.83. The van der Waals surface area contributed by atoms with Crippen LogP contribution in [0, 0.1) is 0 Å². The Balaban J connectivity index is 2.96. The van der Waals surface area contributed by atoms with Gasteiger partial charge in [-0.2, -0.15) is 0 Å². The second-order valence-electron chi connectivity index (χ2n) is 4.16. The van der Waals surface area contributed by atoms with Crippen molar-refractivity contribution in [1.82, 2.24) is 0 Å². The fourth-order valence-corrected chi connectivity index (χ4v) is 1.53. The topological polar surface area (TPSA) is 65.1 Å². The molecule has 0 amide bonds. The highest BCUT2D eigenvalue weighted by molar-refractivity contribution is 5.93. The van der Waals surface area contributed by atoms with Gasteiger partial charge in [-0.05, 0) is 19.1 Å². The molecule has 110 valence electrons. The molecule has 0 aliphatic heterocycles. The lowest BCUT2D eigenvalue weighted by molar-refractivity contribution is -0.145. The molecule has 20 heavy (non-hydrogen) atoms. The molecule has 1 rings (SSSR count). The second kappa shape index (κ2) is 7.37. The summed E-state index contributed by atoms with van der Waals surface area (Å²) < 4.78 is 14.8. The van der Waals surface area contributed by atoms with Crippen LogP contribution >= 0.6 is 0 Å². The maximum atomic E-state index is 11.7. The molecule has 0 saturated carbocycles. The van der Waals surface area contributed by atoms with Crippen molar-refractivity contribution in [3.05, 3.63) is 23.8 Å². The van der Waals surface area contributed by atoms with E-state index in [4.69, 9.17) is 9.47 Å². The first-order valence-electron chi connectivity index (χ1n) is 6.17. The van der Waals surface area contributed by atoms with Crippen molar-refractivity contribution in [3.8, 4) is 5.75 Å². The van der Waals surface area contributed by atoms with Gasteiger partial charge in [-0.15, -0.1) is 0 Å². The summed E-state index contributed by atoms with van der Waals surface area (Å²) in [6, 6.07) is 5.04. The summed E-state index contributed by atoms with van der Waals surface area (Å²) in [5.41, 5.74) is 1.11. The van der Waals surface area contributed by atoms with E-state index in [1.54, 1.807) is 25.1 Å². The molecular formula is C14H19NO5. The number of ether oxygens (including phenoxy) is 3. The molecule has 1 aromatic rings. The molecule has 0 heterocycles. The molecule has 0 N–H and O–H groups in total. The summed E-state index contributed by atoms with van der Waals surface area (Å²) >= 11 is 0. The third kappa shape index (κ3) is 4.15. The van der Waals surface area contributed by atoms with Crippen molar-refractivity contribution < 1.29 is 23.8 Å². The Hall–Kier alpha value is -2.24. The number of carbonyl (C=O) groups excluding carboxylic acids is 2. The minimum Gasteiger partial charge on any atom is -0.481 e. The molecule has 1 aromatic carbocycles. The minimum absolute atomic E-state index is 0.255. The van der Waals surface area contributed by atoms with Crippen molar-refractivity contribution in [2.24, 2.45) is 0 Å². The van der Waals surface area contributed by atoms with E-state index in [0.29, 0.717) is 0 Å². The minimum atomic E-state index is -0.519. The lowest BCUT2D eigenvalue weighted by atomic mass is 10.1. The smallest absolute Gasteiger partial charge is 0.344 e. The molecule has 0 aliphatic carbocycles. The van der Waals surface area contributed by atoms with Gasteiger partial charge in [0.15, 0.2) is 6.61 Å². The standard InChI is InChI=1S/C14H19NO5/c1-5-19-13(16)9-20-12-8-10(15(2)3)6-7-11(12)14(17)18-4/h6-8H,5,9H2,1-4H3. The lowest BCUT2D eigenvalue weighted by Crippen LogP contribution is -2.17. The molecule has 6 nitrogen and oxygen atoms in total. The first kappa shape index (κ1) is 15.8. The molecule has 6 heteroatoms. The van der Waals surface area contributed by atoms with Gasteiger partial charge in [0, 0.05) is 25.8 Å². The van der Waals surface area contributed by atoms with Crippen LogP contribution in [0.15, 0.2) is 18.2 Å². The highest BCUT2D eigenvalue weighted by Gasteiger charge is 2.15. The summed E-state index contributed by atoms with van der Waals surface area (Å²) in [7, 11) is 5.02. The van der Waals surface area contributed by atoms with Gasteiger partial charge in [-0.25, -0.2) is 9.59 Å². The number of esters is 2. The largest absolute Gasteiger partial charge is 0.481 e. The summed E-state index contributed by atoms with van der Waals surface area (Å²) in [5.74, 6) is -0.719. The molecule has 0 bridgehead atoms. The van der Waals surface area contributed by atoms with E-state index in [1.807, 2.05) is 19.0 Å². The molecule has 0 aromatic heterocycles. The monoisotopic (exact) mass is 281 g/mol. The van der Waals surface area contributed by atoms with Crippen LogP contribution in [0.3, 0.4) is 0 Å². The van der Waals surface area contributed by atoms with Crippen molar-refractivity contribution >= 4 is 17.6 Å². The number of nitrogens with zero attached hydrogens (tertiary/aromatic N) is 1. The second-order valence-corrected chi connectivity index (χ2v) is 4.16.